The van der Waals surface area contributed by atoms with Crippen molar-refractivity contribution in [2.45, 2.75) is 45.3 Å². The third kappa shape index (κ3) is 5.56. The Morgan fingerprint density at radius 2 is 1.27 bits per heavy atom. The summed E-state index contributed by atoms with van der Waals surface area (Å²) in [6.07, 6.45) is 2.12. The Morgan fingerprint density at radius 1 is 0.650 bits per heavy atom. The van der Waals surface area contributed by atoms with Gasteiger partial charge in [0.05, 0.1) is 21.4 Å². The van der Waals surface area contributed by atoms with Crippen LogP contribution in [0.1, 0.15) is 48.5 Å². The van der Waals surface area contributed by atoms with Gasteiger partial charge in [-0.25, -0.2) is 9.97 Å². The van der Waals surface area contributed by atoms with Gasteiger partial charge >= 0.3 is 0 Å². The van der Waals surface area contributed by atoms with Gasteiger partial charge in [-0.2, -0.15) is 0 Å². The summed E-state index contributed by atoms with van der Waals surface area (Å²) in [6, 6.07) is 37.5. The second-order valence-electron chi connectivity index (χ2n) is 10.3. The summed E-state index contributed by atoms with van der Waals surface area (Å²) in [7, 11) is 0. The van der Waals surface area contributed by atoms with Gasteiger partial charge in [0, 0.05) is 10.8 Å². The molecule has 2 aromatic heterocycles. The Kier molecular flexibility index (Phi) is 7.47. The smallest absolute Gasteiger partial charge is 0.140 e. The molecule has 0 aliphatic rings. The molecule has 1 atom stereocenters. The maximum absolute atomic E-state index is 6.09. The standard InChI is InChI=1S/C35H32N2O2S/c1-3-22-35(2,27-15-20-30(21-16-27)39-24-34-37-32-10-6-7-11-33(32)40-34)26-13-18-29(19-14-26)38-23-28-17-12-25-8-4-5-9-31(25)36-28/h4-21H,3,22-24H2,1-2H3. The maximum atomic E-state index is 6.09. The lowest BCUT2D eigenvalue weighted by Gasteiger charge is -2.31. The highest BCUT2D eigenvalue weighted by atomic mass is 32.1. The molecule has 6 rings (SSSR count). The molecule has 200 valence electrons. The molecule has 0 fully saturated rings. The first kappa shape index (κ1) is 26.0. The second-order valence-corrected chi connectivity index (χ2v) is 11.4. The van der Waals surface area contributed by atoms with Gasteiger partial charge in [-0.05, 0) is 66.1 Å². The molecule has 2 heterocycles. The number of pyridine rings is 1. The zero-order chi connectivity index (χ0) is 27.4. The maximum Gasteiger partial charge on any atom is 0.140 e. The summed E-state index contributed by atoms with van der Waals surface area (Å²) in [5.41, 5.74) is 5.37. The van der Waals surface area contributed by atoms with E-state index in [1.807, 2.05) is 42.5 Å². The van der Waals surface area contributed by atoms with E-state index in [1.54, 1.807) is 11.3 Å². The molecular formula is C35H32N2O2S. The fraction of sp³-hybridized carbons (Fsp3) is 0.200. The van der Waals surface area contributed by atoms with Crippen LogP contribution in [0, 0.1) is 0 Å². The van der Waals surface area contributed by atoms with Crippen molar-refractivity contribution >= 4 is 32.5 Å². The van der Waals surface area contributed by atoms with Gasteiger partial charge < -0.3 is 9.47 Å². The average Bonchev–Trinajstić information content (AvgIpc) is 3.43. The molecule has 0 radical (unpaired) electrons. The lowest BCUT2D eigenvalue weighted by Crippen LogP contribution is -2.23. The number of benzene rings is 4. The van der Waals surface area contributed by atoms with Crippen LogP contribution < -0.4 is 9.47 Å². The highest BCUT2D eigenvalue weighted by Crippen LogP contribution is 2.38. The molecule has 0 spiro atoms. The molecule has 0 saturated heterocycles. The molecule has 1 unspecified atom stereocenters. The SMILES string of the molecule is CCCC(C)(c1ccc(OCc2ccc3ccccc3n2)cc1)c1ccc(OCc2nc3ccccc3s2)cc1. The van der Waals surface area contributed by atoms with E-state index >= 15 is 0 Å². The Balaban J connectivity index is 1.12. The van der Waals surface area contributed by atoms with Crippen LogP contribution in [0.15, 0.2) is 109 Å². The fourth-order valence-corrected chi connectivity index (χ4v) is 6.15. The molecule has 4 nitrogen and oxygen atoms in total. The van der Waals surface area contributed by atoms with Gasteiger partial charge in [0.2, 0.25) is 0 Å². The molecule has 0 N–H and O–H groups in total. The minimum absolute atomic E-state index is 0.112. The molecule has 0 aliphatic carbocycles. The van der Waals surface area contributed by atoms with Crippen LogP contribution in [0.3, 0.4) is 0 Å². The van der Waals surface area contributed by atoms with E-state index in [-0.39, 0.29) is 5.41 Å². The number of para-hydroxylation sites is 2. The highest BCUT2D eigenvalue weighted by molar-refractivity contribution is 7.18. The van der Waals surface area contributed by atoms with Crippen molar-refractivity contribution in [3.63, 3.8) is 0 Å². The van der Waals surface area contributed by atoms with E-state index in [0.29, 0.717) is 13.2 Å². The molecular weight excluding hydrogens is 512 g/mol. The van der Waals surface area contributed by atoms with E-state index in [1.165, 1.54) is 15.8 Å². The largest absolute Gasteiger partial charge is 0.487 e. The number of nitrogens with zero attached hydrogens (tertiary/aromatic N) is 2. The summed E-state index contributed by atoms with van der Waals surface area (Å²) in [6.45, 7) is 5.47. The van der Waals surface area contributed by atoms with E-state index < -0.39 is 0 Å². The lowest BCUT2D eigenvalue weighted by atomic mass is 9.73. The van der Waals surface area contributed by atoms with E-state index in [0.717, 1.165) is 51.5 Å². The molecule has 0 aliphatic heterocycles. The lowest BCUT2D eigenvalue weighted by molar-refractivity contribution is 0.301. The predicted molar refractivity (Wildman–Crippen MR) is 164 cm³/mol. The number of hydrogen-bond donors (Lipinski definition) is 0. The zero-order valence-corrected chi connectivity index (χ0v) is 23.7. The summed E-state index contributed by atoms with van der Waals surface area (Å²) >= 11 is 1.68. The van der Waals surface area contributed by atoms with Crippen molar-refractivity contribution in [2.75, 3.05) is 0 Å². The fourth-order valence-electron chi connectivity index (χ4n) is 5.27. The monoisotopic (exact) mass is 544 g/mol. The number of rotatable bonds is 10. The summed E-state index contributed by atoms with van der Waals surface area (Å²) in [5.74, 6) is 1.70. The molecule has 6 aromatic rings. The van der Waals surface area contributed by atoms with Gasteiger partial charge in [-0.3, -0.25) is 0 Å². The summed E-state index contributed by atoms with van der Waals surface area (Å²) < 4.78 is 13.4. The van der Waals surface area contributed by atoms with Gasteiger partial charge in [0.25, 0.3) is 0 Å². The molecule has 0 amide bonds. The summed E-state index contributed by atoms with van der Waals surface area (Å²) in [5, 5.41) is 2.12. The van der Waals surface area contributed by atoms with Crippen molar-refractivity contribution < 1.29 is 9.47 Å². The van der Waals surface area contributed by atoms with Crippen molar-refractivity contribution in [2.24, 2.45) is 0 Å². The second kappa shape index (κ2) is 11.5. The van der Waals surface area contributed by atoms with Crippen LogP contribution in [0.25, 0.3) is 21.1 Å². The third-order valence-electron chi connectivity index (χ3n) is 7.48. The Morgan fingerprint density at radius 3 is 1.95 bits per heavy atom. The Hall–Kier alpha value is -4.22. The van der Waals surface area contributed by atoms with E-state index in [4.69, 9.17) is 14.5 Å². The molecule has 5 heteroatoms. The molecule has 40 heavy (non-hydrogen) atoms. The zero-order valence-electron chi connectivity index (χ0n) is 22.8. The quantitative estimate of drug-likeness (QED) is 0.172. The number of hydrogen-bond acceptors (Lipinski definition) is 5. The number of ether oxygens (including phenoxy) is 2. The van der Waals surface area contributed by atoms with Crippen LogP contribution >= 0.6 is 11.3 Å². The van der Waals surface area contributed by atoms with Crippen molar-refractivity contribution in [3.8, 4) is 11.5 Å². The first-order valence-electron chi connectivity index (χ1n) is 13.8. The topological polar surface area (TPSA) is 44.2 Å². The van der Waals surface area contributed by atoms with Crippen molar-refractivity contribution in [1.82, 2.24) is 9.97 Å². The summed E-state index contributed by atoms with van der Waals surface area (Å²) in [4.78, 5) is 9.40. The van der Waals surface area contributed by atoms with Gasteiger partial charge in [-0.1, -0.05) is 80.9 Å². The average molecular weight is 545 g/mol. The normalized spacial score (nSPS) is 12.8. The number of fused-ring (bicyclic) bond motifs is 2. The van der Waals surface area contributed by atoms with E-state index in [2.05, 4.69) is 85.6 Å². The van der Waals surface area contributed by atoms with Gasteiger partial charge in [0.15, 0.2) is 0 Å². The predicted octanol–water partition coefficient (Wildman–Crippen LogP) is 9.11. The Bertz CT molecular complexity index is 1690. The van der Waals surface area contributed by atoms with E-state index in [9.17, 15) is 0 Å². The highest BCUT2D eigenvalue weighted by Gasteiger charge is 2.28. The van der Waals surface area contributed by atoms with Gasteiger partial charge in [-0.15, -0.1) is 11.3 Å². The molecule has 0 bridgehead atoms. The van der Waals surface area contributed by atoms with Crippen LogP contribution in [-0.2, 0) is 18.6 Å². The van der Waals surface area contributed by atoms with Crippen LogP contribution in [0.2, 0.25) is 0 Å². The van der Waals surface area contributed by atoms with Crippen LogP contribution in [0.5, 0.6) is 11.5 Å². The minimum atomic E-state index is -0.112. The van der Waals surface area contributed by atoms with Crippen LogP contribution in [-0.4, -0.2) is 9.97 Å². The van der Waals surface area contributed by atoms with Crippen molar-refractivity contribution in [3.05, 3.63) is 131 Å². The van der Waals surface area contributed by atoms with Gasteiger partial charge in [0.1, 0.15) is 29.7 Å². The van der Waals surface area contributed by atoms with Crippen molar-refractivity contribution in [1.29, 1.82) is 0 Å². The van der Waals surface area contributed by atoms with Crippen LogP contribution in [0.4, 0.5) is 0 Å². The first-order chi connectivity index (χ1) is 19.6. The number of aromatic nitrogens is 2. The molecule has 0 saturated carbocycles. The first-order valence-corrected chi connectivity index (χ1v) is 14.6. The minimum Gasteiger partial charge on any atom is -0.487 e. The number of thiazole rings is 1. The third-order valence-corrected chi connectivity index (χ3v) is 8.49. The Labute approximate surface area is 239 Å². The molecule has 4 aromatic carbocycles.